The lowest BCUT2D eigenvalue weighted by molar-refractivity contribution is 0.214. The molecule has 0 bridgehead atoms. The minimum absolute atomic E-state index is 0.147. The van der Waals surface area contributed by atoms with Crippen LogP contribution >= 0.6 is 0 Å². The van der Waals surface area contributed by atoms with Gasteiger partial charge >= 0.3 is 0 Å². The van der Waals surface area contributed by atoms with Crippen LogP contribution in [-0.2, 0) is 13.5 Å². The Morgan fingerprint density at radius 2 is 2.05 bits per heavy atom. The summed E-state index contributed by atoms with van der Waals surface area (Å²) in [5.41, 5.74) is 8.11. The first-order valence-corrected chi connectivity index (χ1v) is 6.67. The minimum Gasteiger partial charge on any atom is -0.484 e. The van der Waals surface area contributed by atoms with Crippen molar-refractivity contribution in [3.8, 4) is 5.75 Å². The molecule has 1 atom stereocenters. The van der Waals surface area contributed by atoms with Crippen LogP contribution in [0.5, 0.6) is 5.75 Å². The van der Waals surface area contributed by atoms with Gasteiger partial charge in [0, 0.05) is 25.4 Å². The zero-order valence-electron chi connectivity index (χ0n) is 11.5. The first kappa shape index (κ1) is 13.6. The first-order chi connectivity index (χ1) is 9.22. The van der Waals surface area contributed by atoms with E-state index in [1.54, 1.807) is 10.9 Å². The van der Waals surface area contributed by atoms with Crippen LogP contribution in [0.2, 0.25) is 0 Å². The first-order valence-electron chi connectivity index (χ1n) is 6.67. The highest BCUT2D eigenvalue weighted by atomic mass is 16.5. The molecule has 0 fully saturated rings. The number of ether oxygens (including phenoxy) is 1. The SMILES string of the molecule is CCCc1ccc(OC(CN)c2cnn(C)c2)cc1. The highest BCUT2D eigenvalue weighted by Gasteiger charge is 2.13. The second-order valence-electron chi connectivity index (χ2n) is 4.68. The molecule has 1 heterocycles. The predicted octanol–water partition coefficient (Wildman–Crippen LogP) is 2.45. The van der Waals surface area contributed by atoms with Crippen LogP contribution in [0.4, 0.5) is 0 Å². The smallest absolute Gasteiger partial charge is 0.139 e. The summed E-state index contributed by atoms with van der Waals surface area (Å²) >= 11 is 0. The van der Waals surface area contributed by atoms with Gasteiger partial charge in [0.1, 0.15) is 11.9 Å². The fourth-order valence-corrected chi connectivity index (χ4v) is 2.05. The van der Waals surface area contributed by atoms with E-state index in [9.17, 15) is 0 Å². The molecule has 0 aliphatic heterocycles. The van der Waals surface area contributed by atoms with Crippen molar-refractivity contribution in [2.24, 2.45) is 12.8 Å². The molecule has 102 valence electrons. The third-order valence-corrected chi connectivity index (χ3v) is 3.05. The molecule has 0 amide bonds. The van der Waals surface area contributed by atoms with Gasteiger partial charge in [0.15, 0.2) is 0 Å². The van der Waals surface area contributed by atoms with Gasteiger partial charge in [-0.05, 0) is 24.1 Å². The Kier molecular flexibility index (Phi) is 4.58. The largest absolute Gasteiger partial charge is 0.484 e. The maximum Gasteiger partial charge on any atom is 0.139 e. The molecule has 0 spiro atoms. The van der Waals surface area contributed by atoms with E-state index in [1.807, 2.05) is 25.4 Å². The molecule has 0 saturated carbocycles. The van der Waals surface area contributed by atoms with Crippen LogP contribution in [0, 0.1) is 0 Å². The Labute approximate surface area is 114 Å². The topological polar surface area (TPSA) is 53.1 Å². The number of aromatic nitrogens is 2. The fraction of sp³-hybridized carbons (Fsp3) is 0.400. The number of hydrogen-bond donors (Lipinski definition) is 1. The third-order valence-electron chi connectivity index (χ3n) is 3.05. The molecular weight excluding hydrogens is 238 g/mol. The molecule has 1 aromatic carbocycles. The van der Waals surface area contributed by atoms with Gasteiger partial charge in [0.2, 0.25) is 0 Å². The zero-order valence-corrected chi connectivity index (χ0v) is 11.5. The van der Waals surface area contributed by atoms with Gasteiger partial charge in [-0.25, -0.2) is 0 Å². The number of hydrogen-bond acceptors (Lipinski definition) is 3. The van der Waals surface area contributed by atoms with Crippen LogP contribution in [0.3, 0.4) is 0 Å². The van der Waals surface area contributed by atoms with Gasteiger partial charge in [-0.15, -0.1) is 0 Å². The van der Waals surface area contributed by atoms with Gasteiger partial charge in [0.05, 0.1) is 6.20 Å². The molecule has 2 aromatic rings. The summed E-state index contributed by atoms with van der Waals surface area (Å²) in [7, 11) is 1.89. The monoisotopic (exact) mass is 259 g/mol. The Balaban J connectivity index is 2.05. The third kappa shape index (κ3) is 3.58. The maximum atomic E-state index is 5.92. The van der Waals surface area contributed by atoms with E-state index in [1.165, 1.54) is 5.56 Å². The maximum absolute atomic E-state index is 5.92. The van der Waals surface area contributed by atoms with Crippen molar-refractivity contribution in [3.63, 3.8) is 0 Å². The van der Waals surface area contributed by atoms with Crippen molar-refractivity contribution in [1.82, 2.24) is 9.78 Å². The van der Waals surface area contributed by atoms with E-state index in [0.29, 0.717) is 6.54 Å². The number of aryl methyl sites for hydroxylation is 2. The summed E-state index contributed by atoms with van der Waals surface area (Å²) in [6.45, 7) is 2.61. The van der Waals surface area contributed by atoms with E-state index in [2.05, 4.69) is 24.2 Å². The summed E-state index contributed by atoms with van der Waals surface area (Å²) in [6, 6.07) is 8.22. The minimum atomic E-state index is -0.147. The summed E-state index contributed by atoms with van der Waals surface area (Å²) < 4.78 is 7.67. The van der Waals surface area contributed by atoms with Crippen LogP contribution in [-0.4, -0.2) is 16.3 Å². The van der Waals surface area contributed by atoms with E-state index >= 15 is 0 Å². The van der Waals surface area contributed by atoms with Crippen LogP contribution in [0.25, 0.3) is 0 Å². The van der Waals surface area contributed by atoms with Gasteiger partial charge in [-0.2, -0.15) is 5.10 Å². The predicted molar refractivity (Wildman–Crippen MR) is 76.1 cm³/mol. The molecule has 0 saturated heterocycles. The average Bonchev–Trinajstić information content (AvgIpc) is 2.85. The van der Waals surface area contributed by atoms with Crippen molar-refractivity contribution in [2.45, 2.75) is 25.9 Å². The molecule has 4 heteroatoms. The summed E-state index contributed by atoms with van der Waals surface area (Å²) in [5.74, 6) is 0.846. The van der Waals surface area contributed by atoms with Crippen molar-refractivity contribution < 1.29 is 4.74 Å². The second kappa shape index (κ2) is 6.38. The normalized spacial score (nSPS) is 12.4. The molecule has 19 heavy (non-hydrogen) atoms. The van der Waals surface area contributed by atoms with Gasteiger partial charge in [0.25, 0.3) is 0 Å². The van der Waals surface area contributed by atoms with Gasteiger partial charge < -0.3 is 10.5 Å². The summed E-state index contributed by atoms with van der Waals surface area (Å²) in [6.07, 6.45) is 5.84. The highest BCUT2D eigenvalue weighted by Crippen LogP contribution is 2.21. The van der Waals surface area contributed by atoms with Crippen molar-refractivity contribution in [1.29, 1.82) is 0 Å². The quantitative estimate of drug-likeness (QED) is 0.867. The van der Waals surface area contributed by atoms with Gasteiger partial charge in [-0.3, -0.25) is 4.68 Å². The molecule has 4 nitrogen and oxygen atoms in total. The number of benzene rings is 1. The lowest BCUT2D eigenvalue weighted by atomic mass is 10.1. The molecule has 1 aromatic heterocycles. The Morgan fingerprint density at radius 3 is 2.58 bits per heavy atom. The summed E-state index contributed by atoms with van der Waals surface area (Å²) in [4.78, 5) is 0. The van der Waals surface area contributed by atoms with Crippen molar-refractivity contribution in [2.75, 3.05) is 6.54 Å². The lowest BCUT2D eigenvalue weighted by Crippen LogP contribution is -2.18. The summed E-state index contributed by atoms with van der Waals surface area (Å²) in [5, 5.41) is 4.15. The molecular formula is C15H21N3O. The second-order valence-corrected chi connectivity index (χ2v) is 4.68. The van der Waals surface area contributed by atoms with E-state index in [4.69, 9.17) is 10.5 Å². The van der Waals surface area contributed by atoms with Crippen LogP contribution in [0.15, 0.2) is 36.7 Å². The molecule has 2 N–H and O–H groups in total. The van der Waals surface area contributed by atoms with E-state index < -0.39 is 0 Å². The molecule has 0 aliphatic carbocycles. The van der Waals surface area contributed by atoms with E-state index in [0.717, 1.165) is 24.2 Å². The number of rotatable bonds is 6. The van der Waals surface area contributed by atoms with Crippen molar-refractivity contribution in [3.05, 3.63) is 47.8 Å². The van der Waals surface area contributed by atoms with E-state index in [-0.39, 0.29) is 6.10 Å². The number of nitrogens with zero attached hydrogens (tertiary/aromatic N) is 2. The van der Waals surface area contributed by atoms with Crippen LogP contribution in [0.1, 0.15) is 30.6 Å². The van der Waals surface area contributed by atoms with Gasteiger partial charge in [-0.1, -0.05) is 25.5 Å². The highest BCUT2D eigenvalue weighted by molar-refractivity contribution is 5.28. The molecule has 0 radical (unpaired) electrons. The number of nitrogens with two attached hydrogens (primary N) is 1. The fourth-order valence-electron chi connectivity index (χ4n) is 2.05. The van der Waals surface area contributed by atoms with Crippen molar-refractivity contribution >= 4 is 0 Å². The Hall–Kier alpha value is -1.81. The molecule has 0 aliphatic rings. The zero-order chi connectivity index (χ0) is 13.7. The lowest BCUT2D eigenvalue weighted by Gasteiger charge is -2.16. The Morgan fingerprint density at radius 1 is 1.32 bits per heavy atom. The average molecular weight is 259 g/mol. The van der Waals surface area contributed by atoms with Crippen LogP contribution < -0.4 is 10.5 Å². The molecule has 2 rings (SSSR count). The Bertz CT molecular complexity index is 504. The molecule has 1 unspecified atom stereocenters. The standard InChI is InChI=1S/C15H21N3O/c1-3-4-12-5-7-14(8-6-12)19-15(9-16)13-10-17-18(2)11-13/h5-8,10-11,15H,3-4,9,16H2,1-2H3.